The summed E-state index contributed by atoms with van der Waals surface area (Å²) in [7, 11) is 0. The second kappa shape index (κ2) is 12.3. The van der Waals surface area contributed by atoms with Crippen LogP contribution in [0, 0.1) is 34.5 Å². The van der Waals surface area contributed by atoms with Crippen LogP contribution in [-0.4, -0.2) is 44.6 Å². The van der Waals surface area contributed by atoms with Gasteiger partial charge in [0.15, 0.2) is 0 Å². The molecule has 6 aliphatic rings. The highest BCUT2D eigenvalue weighted by Crippen LogP contribution is 2.63. The molecule has 3 aromatic carbocycles. The van der Waals surface area contributed by atoms with Crippen LogP contribution in [0.4, 0.5) is 0 Å². The predicted molar refractivity (Wildman–Crippen MR) is 194 cm³/mol. The maximum atomic E-state index is 14.1. The van der Waals surface area contributed by atoms with E-state index in [0.29, 0.717) is 35.2 Å². The van der Waals surface area contributed by atoms with E-state index in [-0.39, 0.29) is 57.5 Å². The lowest BCUT2D eigenvalue weighted by Crippen LogP contribution is -2.44. The molecule has 4 N–H and O–H groups in total. The first-order valence-electron chi connectivity index (χ1n) is 19.6. The Labute approximate surface area is 305 Å². The molecule has 10 atom stereocenters. The van der Waals surface area contributed by atoms with Crippen molar-refractivity contribution in [3.8, 4) is 23.0 Å². The third kappa shape index (κ3) is 5.14. The van der Waals surface area contributed by atoms with Gasteiger partial charge in [0, 0.05) is 23.3 Å². The fourth-order valence-corrected chi connectivity index (χ4v) is 12.6. The van der Waals surface area contributed by atoms with Gasteiger partial charge in [-0.2, -0.15) is 0 Å². The van der Waals surface area contributed by atoms with E-state index in [1.54, 1.807) is 36.4 Å². The normalized spacial score (nSPS) is 35.6. The van der Waals surface area contributed by atoms with E-state index < -0.39 is 11.9 Å². The summed E-state index contributed by atoms with van der Waals surface area (Å²) >= 11 is 0. The summed E-state index contributed by atoms with van der Waals surface area (Å²) in [6, 6.07) is 13.1. The van der Waals surface area contributed by atoms with Crippen LogP contribution in [0.15, 0.2) is 48.5 Å². The van der Waals surface area contributed by atoms with E-state index in [9.17, 15) is 30.0 Å². The molecule has 4 fully saturated rings. The molecule has 9 rings (SSSR count). The number of carbonyl (C=O) groups excluding carboxylic acids is 2. The average molecular weight is 707 g/mol. The van der Waals surface area contributed by atoms with Gasteiger partial charge >= 0.3 is 11.9 Å². The molecule has 0 radical (unpaired) electrons. The summed E-state index contributed by atoms with van der Waals surface area (Å²) in [5.41, 5.74) is 3.83. The molecule has 274 valence electrons. The van der Waals surface area contributed by atoms with Crippen LogP contribution in [0.1, 0.15) is 133 Å². The van der Waals surface area contributed by atoms with E-state index in [1.807, 2.05) is 0 Å². The van der Waals surface area contributed by atoms with Gasteiger partial charge in [0.05, 0.1) is 23.3 Å². The van der Waals surface area contributed by atoms with Gasteiger partial charge in [0.25, 0.3) is 0 Å². The summed E-state index contributed by atoms with van der Waals surface area (Å²) in [5, 5.41) is 43.2. The number of phenolic OH excluding ortho intramolecular Hbond substituents is 2. The molecule has 0 heterocycles. The third-order valence-corrected chi connectivity index (χ3v) is 15.2. The SMILES string of the molecule is C[C@]12CC[C@@H]3c4c(cc(O)cc4OC(=O)c4ccccc4C(=O)Oc4cc(O)cc5c4[C@H]4CC[C@]6(C)[C@H](O)CC[C@H]6[C@@H]4CC5)CC[C@H]3[C@@H]1CC[C@H]2O. The molecule has 0 aromatic heterocycles. The fraction of sp³-hybridized carbons (Fsp3) is 0.545. The molecule has 4 saturated carbocycles. The number of benzene rings is 3. The number of fused-ring (bicyclic) bond motifs is 10. The van der Waals surface area contributed by atoms with E-state index in [1.165, 1.54) is 12.1 Å². The Hall–Kier alpha value is -3.88. The fourth-order valence-electron chi connectivity index (χ4n) is 12.6. The van der Waals surface area contributed by atoms with Crippen molar-refractivity contribution in [3.05, 3.63) is 81.9 Å². The summed E-state index contributed by atoms with van der Waals surface area (Å²) < 4.78 is 12.3. The standard InChI is InChI=1S/C44H50O8/c1-43-17-15-29-27(33(43)11-13-37(43)47)9-7-23-19-25(45)21-35(39(23)29)51-41(49)31-5-3-4-6-32(31)42(50)52-36-22-26(46)20-24-8-10-28-30(40(24)36)16-18-44(2)34(28)12-14-38(44)48/h3-6,19-22,27-30,33-34,37-38,45-48H,7-18H2,1-2H3/t27-,28-,29+,30+,33+,34+,37-,38-,43+,44+/m1/s1. The number of aliphatic hydroxyl groups excluding tert-OH is 2. The molecule has 8 nitrogen and oxygen atoms in total. The van der Waals surface area contributed by atoms with Crippen molar-refractivity contribution in [2.75, 3.05) is 0 Å². The van der Waals surface area contributed by atoms with E-state index in [0.717, 1.165) is 99.3 Å². The number of hydrogen-bond donors (Lipinski definition) is 4. The van der Waals surface area contributed by atoms with Crippen LogP contribution < -0.4 is 9.47 Å². The van der Waals surface area contributed by atoms with Crippen LogP contribution >= 0.6 is 0 Å². The highest BCUT2D eigenvalue weighted by atomic mass is 16.5. The highest BCUT2D eigenvalue weighted by molar-refractivity contribution is 6.04. The zero-order valence-electron chi connectivity index (χ0n) is 30.1. The summed E-state index contributed by atoms with van der Waals surface area (Å²) in [4.78, 5) is 28.1. The van der Waals surface area contributed by atoms with Crippen molar-refractivity contribution in [2.24, 2.45) is 34.5 Å². The lowest BCUT2D eigenvalue weighted by atomic mass is 9.55. The number of aryl methyl sites for hydroxylation is 2. The van der Waals surface area contributed by atoms with Crippen LogP contribution in [-0.2, 0) is 12.8 Å². The molecule has 3 aromatic rings. The summed E-state index contributed by atoms with van der Waals surface area (Å²) in [6.07, 6.45) is 10.0. The first-order valence-corrected chi connectivity index (χ1v) is 19.6. The quantitative estimate of drug-likeness (QED) is 0.159. The molecule has 0 saturated heterocycles. The summed E-state index contributed by atoms with van der Waals surface area (Å²) in [6.45, 7) is 4.46. The number of ether oxygens (including phenoxy) is 2. The lowest BCUT2D eigenvalue weighted by Gasteiger charge is -2.50. The smallest absolute Gasteiger partial charge is 0.344 e. The van der Waals surface area contributed by atoms with Crippen molar-refractivity contribution in [3.63, 3.8) is 0 Å². The largest absolute Gasteiger partial charge is 0.508 e. The molecule has 8 heteroatoms. The molecule has 6 aliphatic carbocycles. The minimum Gasteiger partial charge on any atom is -0.508 e. The lowest BCUT2D eigenvalue weighted by molar-refractivity contribution is -0.0229. The van der Waals surface area contributed by atoms with Crippen LogP contribution in [0.2, 0.25) is 0 Å². The monoisotopic (exact) mass is 706 g/mol. The molecular weight excluding hydrogens is 656 g/mol. The van der Waals surface area contributed by atoms with Gasteiger partial charge in [-0.05, 0) is 159 Å². The van der Waals surface area contributed by atoms with Gasteiger partial charge in [0.1, 0.15) is 23.0 Å². The first-order chi connectivity index (χ1) is 25.0. The summed E-state index contributed by atoms with van der Waals surface area (Å²) in [5.74, 6) is 1.12. The maximum absolute atomic E-state index is 14.1. The molecule has 0 amide bonds. The van der Waals surface area contributed by atoms with Crippen LogP contribution in [0.3, 0.4) is 0 Å². The number of aromatic hydroxyl groups is 2. The molecule has 0 aliphatic heterocycles. The second-order valence-corrected chi connectivity index (χ2v) is 17.5. The third-order valence-electron chi connectivity index (χ3n) is 15.2. The van der Waals surface area contributed by atoms with E-state index >= 15 is 0 Å². The van der Waals surface area contributed by atoms with Gasteiger partial charge in [0.2, 0.25) is 0 Å². The molecule has 0 bridgehead atoms. The van der Waals surface area contributed by atoms with Gasteiger partial charge in [-0.1, -0.05) is 26.0 Å². The Morgan fingerprint density at radius 1 is 0.615 bits per heavy atom. The number of hydrogen-bond acceptors (Lipinski definition) is 8. The predicted octanol–water partition coefficient (Wildman–Crippen LogP) is 7.97. The Bertz CT molecular complexity index is 1810. The molecular formula is C44H50O8. The Kier molecular flexibility index (Phi) is 8.05. The van der Waals surface area contributed by atoms with Crippen molar-refractivity contribution in [1.82, 2.24) is 0 Å². The Morgan fingerprint density at radius 2 is 1.04 bits per heavy atom. The maximum Gasteiger partial charge on any atom is 0.344 e. The van der Waals surface area contributed by atoms with E-state index in [4.69, 9.17) is 9.47 Å². The minimum absolute atomic E-state index is 0.0340. The van der Waals surface area contributed by atoms with Crippen molar-refractivity contribution >= 4 is 11.9 Å². The van der Waals surface area contributed by atoms with Crippen LogP contribution in [0.25, 0.3) is 0 Å². The topological polar surface area (TPSA) is 134 Å². The zero-order valence-corrected chi connectivity index (χ0v) is 30.1. The van der Waals surface area contributed by atoms with Gasteiger partial charge < -0.3 is 29.9 Å². The van der Waals surface area contributed by atoms with E-state index in [2.05, 4.69) is 13.8 Å². The minimum atomic E-state index is -0.705. The van der Waals surface area contributed by atoms with Gasteiger partial charge in [-0.25, -0.2) is 9.59 Å². The number of phenols is 2. The number of rotatable bonds is 4. The number of aliphatic hydroxyl groups is 2. The second-order valence-electron chi connectivity index (χ2n) is 17.5. The molecule has 52 heavy (non-hydrogen) atoms. The van der Waals surface area contributed by atoms with Gasteiger partial charge in [-0.15, -0.1) is 0 Å². The molecule has 0 unspecified atom stereocenters. The average Bonchev–Trinajstić information content (AvgIpc) is 3.61. The van der Waals surface area contributed by atoms with Crippen LogP contribution in [0.5, 0.6) is 23.0 Å². The Morgan fingerprint density at radius 3 is 1.46 bits per heavy atom. The van der Waals surface area contributed by atoms with Gasteiger partial charge in [-0.3, -0.25) is 0 Å². The number of carbonyl (C=O) groups is 2. The number of esters is 2. The zero-order chi connectivity index (χ0) is 36.1. The van der Waals surface area contributed by atoms with Crippen molar-refractivity contribution in [2.45, 2.75) is 115 Å². The highest BCUT2D eigenvalue weighted by Gasteiger charge is 2.56. The van der Waals surface area contributed by atoms with Crippen molar-refractivity contribution in [1.29, 1.82) is 0 Å². The molecule has 0 spiro atoms. The Balaban J connectivity index is 0.999. The first kappa shape index (κ1) is 33.9. The van der Waals surface area contributed by atoms with Crippen molar-refractivity contribution < 1.29 is 39.5 Å².